The van der Waals surface area contributed by atoms with Crippen molar-refractivity contribution in [1.82, 2.24) is 14.8 Å². The van der Waals surface area contributed by atoms with Gasteiger partial charge in [-0.1, -0.05) is 39.0 Å². The lowest BCUT2D eigenvalue weighted by Gasteiger charge is -2.26. The normalized spacial score (nSPS) is 14.7. The number of carbonyl (C=O) groups is 2. The summed E-state index contributed by atoms with van der Waals surface area (Å²) in [6, 6.07) is 13.9. The zero-order valence-electron chi connectivity index (χ0n) is 21.3. The van der Waals surface area contributed by atoms with Crippen LogP contribution in [0.4, 0.5) is 10.1 Å². The van der Waals surface area contributed by atoms with Crippen LogP contribution in [0.3, 0.4) is 0 Å². The molecule has 2 aromatic carbocycles. The molecule has 4 rings (SSSR count). The van der Waals surface area contributed by atoms with E-state index in [0.717, 1.165) is 30.5 Å². The van der Waals surface area contributed by atoms with Gasteiger partial charge in [0, 0.05) is 54.8 Å². The van der Waals surface area contributed by atoms with E-state index < -0.39 is 0 Å². The number of morpholine rings is 1. The maximum Gasteiger partial charge on any atom is 0.267 e. The molecule has 192 valence electrons. The van der Waals surface area contributed by atoms with Gasteiger partial charge in [0.2, 0.25) is 5.91 Å². The number of fused-ring (bicyclic) bond motifs is 1. The molecular weight excluding hydrogens is 459 g/mol. The molecule has 0 aliphatic carbocycles. The summed E-state index contributed by atoms with van der Waals surface area (Å²) in [5.41, 5.74) is 2.29. The molecule has 1 aliphatic heterocycles. The monoisotopic (exact) mass is 494 g/mol. The van der Waals surface area contributed by atoms with E-state index >= 15 is 0 Å². The summed E-state index contributed by atoms with van der Waals surface area (Å²) in [5, 5.41) is 6.77. The Bertz CT molecular complexity index is 1230. The van der Waals surface area contributed by atoms with Crippen LogP contribution in [0.2, 0.25) is 0 Å². The van der Waals surface area contributed by atoms with Crippen molar-refractivity contribution in [3.05, 3.63) is 65.6 Å². The van der Waals surface area contributed by atoms with Crippen molar-refractivity contribution in [2.24, 2.45) is 5.41 Å². The quantitative estimate of drug-likeness (QED) is 0.491. The number of amides is 2. The molecule has 2 N–H and O–H groups in total. The molecule has 0 saturated carbocycles. The van der Waals surface area contributed by atoms with E-state index in [4.69, 9.17) is 4.74 Å². The van der Waals surface area contributed by atoms with Gasteiger partial charge in [-0.15, -0.1) is 0 Å². The Hall–Kier alpha value is -3.23. The Balaban J connectivity index is 1.58. The number of rotatable bonds is 8. The van der Waals surface area contributed by atoms with Crippen LogP contribution in [0.15, 0.2) is 48.5 Å². The van der Waals surface area contributed by atoms with Crippen LogP contribution < -0.4 is 10.6 Å². The van der Waals surface area contributed by atoms with Gasteiger partial charge in [-0.2, -0.15) is 0 Å². The summed E-state index contributed by atoms with van der Waals surface area (Å²) < 4.78 is 21.7. The number of benzene rings is 2. The molecule has 36 heavy (non-hydrogen) atoms. The Morgan fingerprint density at radius 2 is 1.81 bits per heavy atom. The number of carbonyl (C=O) groups excluding carboxylic acids is 2. The van der Waals surface area contributed by atoms with Crippen LogP contribution in [0.25, 0.3) is 10.9 Å². The molecule has 1 aromatic heterocycles. The summed E-state index contributed by atoms with van der Waals surface area (Å²) in [4.78, 5) is 27.9. The maximum atomic E-state index is 14.5. The van der Waals surface area contributed by atoms with Crippen LogP contribution in [-0.4, -0.2) is 60.7 Å². The van der Waals surface area contributed by atoms with Gasteiger partial charge in [0.05, 0.1) is 19.8 Å². The average Bonchev–Trinajstić information content (AvgIpc) is 3.17. The summed E-state index contributed by atoms with van der Waals surface area (Å²) in [7, 11) is 0. The molecule has 0 radical (unpaired) electrons. The summed E-state index contributed by atoms with van der Waals surface area (Å²) in [5.74, 6) is -0.591. The third-order valence-corrected chi connectivity index (χ3v) is 6.21. The minimum atomic E-state index is -0.316. The minimum absolute atomic E-state index is 0.0614. The fourth-order valence-corrected chi connectivity index (χ4v) is 4.43. The lowest BCUT2D eigenvalue weighted by atomic mass is 9.92. The molecule has 0 spiro atoms. The Labute approximate surface area is 211 Å². The second kappa shape index (κ2) is 11.2. The van der Waals surface area contributed by atoms with Crippen molar-refractivity contribution in [2.45, 2.75) is 33.7 Å². The first kappa shape index (κ1) is 25.9. The Morgan fingerprint density at radius 1 is 1.06 bits per heavy atom. The lowest BCUT2D eigenvalue weighted by molar-refractivity contribution is -0.117. The number of hydrogen-bond donors (Lipinski definition) is 2. The summed E-state index contributed by atoms with van der Waals surface area (Å²) >= 11 is 0. The zero-order valence-corrected chi connectivity index (χ0v) is 21.3. The number of hydrogen-bond acceptors (Lipinski definition) is 4. The van der Waals surface area contributed by atoms with E-state index in [1.165, 1.54) is 6.07 Å². The zero-order chi connectivity index (χ0) is 25.7. The molecule has 0 atom stereocenters. The molecule has 1 aliphatic rings. The largest absolute Gasteiger partial charge is 0.379 e. The highest BCUT2D eigenvalue weighted by atomic mass is 19.1. The summed E-state index contributed by atoms with van der Waals surface area (Å²) in [6.45, 7) is 10.6. The molecule has 7 nitrogen and oxygen atoms in total. The van der Waals surface area contributed by atoms with E-state index in [0.29, 0.717) is 43.1 Å². The standard InChI is InChI=1S/C28H35FN4O3/c1-28(2,3)18-26(34)31-22-8-9-24-21(16-22)17-25(33(24)19-20-6-4-5-7-23(20)29)27(35)30-10-11-32-12-14-36-15-13-32/h4-9,16-17H,10-15,18-19H2,1-3H3,(H,30,35)(H,31,34). The third-order valence-electron chi connectivity index (χ3n) is 6.21. The van der Waals surface area contributed by atoms with Crippen molar-refractivity contribution in [3.63, 3.8) is 0 Å². The Kier molecular flexibility index (Phi) is 8.06. The number of anilines is 1. The van der Waals surface area contributed by atoms with Crippen molar-refractivity contribution < 1.29 is 18.7 Å². The smallest absolute Gasteiger partial charge is 0.267 e. The van der Waals surface area contributed by atoms with Crippen molar-refractivity contribution >= 4 is 28.4 Å². The molecule has 1 fully saturated rings. The maximum absolute atomic E-state index is 14.5. The van der Waals surface area contributed by atoms with Gasteiger partial charge < -0.3 is 19.9 Å². The van der Waals surface area contributed by atoms with Crippen LogP contribution in [0.5, 0.6) is 0 Å². The van der Waals surface area contributed by atoms with Crippen LogP contribution >= 0.6 is 0 Å². The fourth-order valence-electron chi connectivity index (χ4n) is 4.43. The number of halogens is 1. The predicted octanol–water partition coefficient (Wildman–Crippen LogP) is 4.27. The van der Waals surface area contributed by atoms with E-state index in [2.05, 4.69) is 15.5 Å². The lowest BCUT2D eigenvalue weighted by Crippen LogP contribution is -2.41. The fraction of sp³-hybridized carbons (Fsp3) is 0.429. The van der Waals surface area contributed by atoms with Gasteiger partial charge in [0.25, 0.3) is 5.91 Å². The van der Waals surface area contributed by atoms with Gasteiger partial charge in [-0.3, -0.25) is 14.5 Å². The van der Waals surface area contributed by atoms with Gasteiger partial charge in [-0.05, 0) is 35.7 Å². The molecular formula is C28H35FN4O3. The first-order valence-electron chi connectivity index (χ1n) is 12.4. The van der Waals surface area contributed by atoms with E-state index in [1.807, 2.05) is 43.5 Å². The first-order chi connectivity index (χ1) is 17.2. The van der Waals surface area contributed by atoms with E-state index in [1.54, 1.807) is 24.3 Å². The predicted molar refractivity (Wildman–Crippen MR) is 140 cm³/mol. The van der Waals surface area contributed by atoms with Crippen molar-refractivity contribution in [1.29, 1.82) is 0 Å². The van der Waals surface area contributed by atoms with E-state index in [9.17, 15) is 14.0 Å². The SMILES string of the molecule is CC(C)(C)CC(=O)Nc1ccc2c(c1)cc(C(=O)NCCN1CCOCC1)n2Cc1ccccc1F. The van der Waals surface area contributed by atoms with Gasteiger partial charge in [0.1, 0.15) is 11.5 Å². The minimum Gasteiger partial charge on any atom is -0.379 e. The highest BCUT2D eigenvalue weighted by molar-refractivity contribution is 6.00. The topological polar surface area (TPSA) is 75.6 Å². The van der Waals surface area contributed by atoms with Crippen LogP contribution in [-0.2, 0) is 16.1 Å². The highest BCUT2D eigenvalue weighted by Crippen LogP contribution is 2.26. The van der Waals surface area contributed by atoms with Crippen molar-refractivity contribution in [3.8, 4) is 0 Å². The molecule has 0 unspecified atom stereocenters. The highest BCUT2D eigenvalue weighted by Gasteiger charge is 2.19. The summed E-state index contributed by atoms with van der Waals surface area (Å²) in [6.07, 6.45) is 0.399. The molecule has 3 aromatic rings. The average molecular weight is 495 g/mol. The van der Waals surface area contributed by atoms with Gasteiger partial charge >= 0.3 is 0 Å². The first-order valence-corrected chi connectivity index (χ1v) is 12.4. The van der Waals surface area contributed by atoms with E-state index in [-0.39, 0.29) is 29.6 Å². The number of ether oxygens (including phenoxy) is 1. The van der Waals surface area contributed by atoms with Gasteiger partial charge in [-0.25, -0.2) is 4.39 Å². The van der Waals surface area contributed by atoms with Gasteiger partial charge in [0.15, 0.2) is 0 Å². The number of aromatic nitrogens is 1. The second-order valence-corrected chi connectivity index (χ2v) is 10.5. The Morgan fingerprint density at radius 3 is 2.53 bits per heavy atom. The van der Waals surface area contributed by atoms with Crippen molar-refractivity contribution in [2.75, 3.05) is 44.7 Å². The molecule has 0 bridgehead atoms. The van der Waals surface area contributed by atoms with Crippen LogP contribution in [0.1, 0.15) is 43.2 Å². The molecule has 8 heteroatoms. The van der Waals surface area contributed by atoms with Crippen LogP contribution in [0, 0.1) is 11.2 Å². The number of nitrogens with one attached hydrogen (secondary N) is 2. The molecule has 2 heterocycles. The third kappa shape index (κ3) is 6.71. The number of nitrogens with zero attached hydrogens (tertiary/aromatic N) is 2. The second-order valence-electron chi connectivity index (χ2n) is 10.5. The molecule has 1 saturated heterocycles. The molecule has 2 amide bonds.